The molecule has 0 aromatic carbocycles. The van der Waals surface area contributed by atoms with E-state index in [-0.39, 0.29) is 5.41 Å². The minimum atomic E-state index is -0.244. The maximum Gasteiger partial charge on any atom is 0.125 e. The van der Waals surface area contributed by atoms with Crippen LogP contribution in [0.5, 0.6) is 0 Å². The smallest absolute Gasteiger partial charge is 0.125 e. The molecule has 0 saturated heterocycles. The Kier molecular flexibility index (Phi) is 4.53. The molecule has 0 bridgehead atoms. The van der Waals surface area contributed by atoms with Gasteiger partial charge >= 0.3 is 0 Å². The summed E-state index contributed by atoms with van der Waals surface area (Å²) in [6, 6.07) is 3.90. The highest BCUT2D eigenvalue weighted by Crippen LogP contribution is 2.19. The quantitative estimate of drug-likeness (QED) is 0.539. The third kappa shape index (κ3) is 4.47. The van der Waals surface area contributed by atoms with Gasteiger partial charge in [-0.05, 0) is 31.9 Å². The molecule has 0 unspecified atom stereocenters. The fourth-order valence-corrected chi connectivity index (χ4v) is 1.36. The van der Waals surface area contributed by atoms with Crippen LogP contribution >= 0.6 is 0 Å². The molecule has 1 aromatic rings. The summed E-state index contributed by atoms with van der Waals surface area (Å²) < 4.78 is 5.27. The van der Waals surface area contributed by atoms with Crippen LogP contribution < -0.4 is 0 Å². The number of hydrogen-bond donors (Lipinski definition) is 0. The van der Waals surface area contributed by atoms with E-state index in [0.717, 1.165) is 31.3 Å². The summed E-state index contributed by atoms with van der Waals surface area (Å²) in [4.78, 5) is 10.7. The van der Waals surface area contributed by atoms with Crippen molar-refractivity contribution in [1.82, 2.24) is 0 Å². The maximum atomic E-state index is 10.7. The number of furan rings is 1. The molecule has 0 fully saturated rings. The van der Waals surface area contributed by atoms with Crippen molar-refractivity contribution in [2.24, 2.45) is 5.41 Å². The van der Waals surface area contributed by atoms with Crippen molar-refractivity contribution in [3.05, 3.63) is 35.8 Å². The summed E-state index contributed by atoms with van der Waals surface area (Å²) in [5.41, 5.74) is 1.07. The molecular formula is C14H20O2. The molecule has 0 spiro atoms. The zero-order valence-corrected chi connectivity index (χ0v) is 10.3. The molecule has 0 saturated carbocycles. The topological polar surface area (TPSA) is 30.2 Å². The molecule has 0 amide bonds. The van der Waals surface area contributed by atoms with Crippen molar-refractivity contribution in [1.29, 1.82) is 0 Å². The lowest BCUT2D eigenvalue weighted by Crippen LogP contribution is -2.11. The van der Waals surface area contributed by atoms with Crippen molar-refractivity contribution in [3.63, 3.8) is 0 Å². The van der Waals surface area contributed by atoms with Crippen molar-refractivity contribution in [3.8, 4) is 0 Å². The van der Waals surface area contributed by atoms with E-state index in [1.807, 2.05) is 26.0 Å². The van der Waals surface area contributed by atoms with Crippen LogP contribution in [0.15, 0.2) is 34.5 Å². The van der Waals surface area contributed by atoms with Gasteiger partial charge in [0, 0.05) is 11.8 Å². The molecule has 1 heterocycles. The molecule has 0 N–H and O–H groups in total. The van der Waals surface area contributed by atoms with Gasteiger partial charge in [0.25, 0.3) is 0 Å². The van der Waals surface area contributed by atoms with E-state index < -0.39 is 0 Å². The largest absolute Gasteiger partial charge is 0.469 e. The van der Waals surface area contributed by atoms with Gasteiger partial charge in [0.1, 0.15) is 12.0 Å². The molecule has 1 aromatic heterocycles. The molecule has 0 radical (unpaired) electrons. The van der Waals surface area contributed by atoms with Gasteiger partial charge in [-0.2, -0.15) is 0 Å². The molecule has 0 aliphatic rings. The van der Waals surface area contributed by atoms with Crippen LogP contribution in [-0.2, 0) is 11.2 Å². The first-order chi connectivity index (χ1) is 7.53. The second-order valence-corrected chi connectivity index (χ2v) is 4.94. The van der Waals surface area contributed by atoms with Crippen LogP contribution in [0.3, 0.4) is 0 Å². The fraction of sp³-hybridized carbons (Fsp3) is 0.500. The zero-order valence-electron chi connectivity index (χ0n) is 10.3. The number of carbonyl (C=O) groups is 1. The summed E-state index contributed by atoms with van der Waals surface area (Å²) in [5, 5.41) is 0. The summed E-state index contributed by atoms with van der Waals surface area (Å²) >= 11 is 0. The third-order valence-electron chi connectivity index (χ3n) is 2.64. The first-order valence-electron chi connectivity index (χ1n) is 5.68. The van der Waals surface area contributed by atoms with Gasteiger partial charge in [-0.3, -0.25) is 0 Å². The Morgan fingerprint density at radius 2 is 2.25 bits per heavy atom. The summed E-state index contributed by atoms with van der Waals surface area (Å²) in [6.45, 7) is 6.01. The van der Waals surface area contributed by atoms with E-state index in [9.17, 15) is 4.79 Å². The average molecular weight is 220 g/mol. The van der Waals surface area contributed by atoms with Crippen LogP contribution in [0.1, 0.15) is 39.4 Å². The summed E-state index contributed by atoms with van der Waals surface area (Å²) in [7, 11) is 0. The molecule has 0 aliphatic heterocycles. The normalized spacial score (nSPS) is 12.8. The number of aldehydes is 1. The molecule has 0 aliphatic carbocycles. The van der Waals surface area contributed by atoms with Gasteiger partial charge in [0.05, 0.1) is 6.26 Å². The highest BCUT2D eigenvalue weighted by Gasteiger charge is 2.14. The Hall–Kier alpha value is -1.31. The monoisotopic (exact) mass is 220 g/mol. The van der Waals surface area contributed by atoms with E-state index >= 15 is 0 Å². The van der Waals surface area contributed by atoms with E-state index in [2.05, 4.69) is 13.0 Å². The second-order valence-electron chi connectivity index (χ2n) is 4.94. The molecular weight excluding hydrogens is 200 g/mol. The predicted octanol–water partition coefficient (Wildman–Crippen LogP) is 3.77. The molecule has 88 valence electrons. The van der Waals surface area contributed by atoms with Gasteiger partial charge < -0.3 is 9.21 Å². The van der Waals surface area contributed by atoms with Gasteiger partial charge in [-0.15, -0.1) is 0 Å². The Morgan fingerprint density at radius 1 is 1.50 bits per heavy atom. The summed E-state index contributed by atoms with van der Waals surface area (Å²) in [6.07, 6.45) is 7.59. The standard InChI is InChI=1S/C14H20O2/c1-12(8-9-14(2,3)11-15)6-7-13-5-4-10-16-13/h4-5,8,10-11H,6-7,9H2,1-3H3/b12-8+. The minimum absolute atomic E-state index is 0.244. The van der Waals surface area contributed by atoms with Gasteiger partial charge in [-0.1, -0.05) is 25.5 Å². The number of aryl methyl sites for hydroxylation is 1. The fourth-order valence-electron chi connectivity index (χ4n) is 1.36. The molecule has 2 nitrogen and oxygen atoms in total. The van der Waals surface area contributed by atoms with Crippen LogP contribution in [0.25, 0.3) is 0 Å². The SMILES string of the molecule is C/C(=C\CC(C)(C)C=O)CCc1ccco1. The van der Waals surface area contributed by atoms with Crippen LogP contribution in [0, 0.1) is 5.41 Å². The average Bonchev–Trinajstić information content (AvgIpc) is 2.76. The molecule has 2 heteroatoms. The van der Waals surface area contributed by atoms with Crippen molar-refractivity contribution < 1.29 is 9.21 Å². The Bertz CT molecular complexity index is 345. The number of hydrogen-bond acceptors (Lipinski definition) is 2. The third-order valence-corrected chi connectivity index (χ3v) is 2.64. The second kappa shape index (κ2) is 5.69. The van der Waals surface area contributed by atoms with Gasteiger partial charge in [0.2, 0.25) is 0 Å². The first-order valence-corrected chi connectivity index (χ1v) is 5.68. The number of carbonyl (C=O) groups excluding carboxylic acids is 1. The van der Waals surface area contributed by atoms with E-state index in [1.165, 1.54) is 5.57 Å². The van der Waals surface area contributed by atoms with E-state index in [1.54, 1.807) is 6.26 Å². The highest BCUT2D eigenvalue weighted by molar-refractivity contribution is 5.58. The zero-order chi connectivity index (χ0) is 12.0. The Labute approximate surface area is 97.3 Å². The van der Waals surface area contributed by atoms with Crippen molar-refractivity contribution in [2.75, 3.05) is 0 Å². The number of rotatable bonds is 6. The lowest BCUT2D eigenvalue weighted by atomic mass is 9.90. The molecule has 1 rings (SSSR count). The van der Waals surface area contributed by atoms with Gasteiger partial charge in [0.15, 0.2) is 0 Å². The highest BCUT2D eigenvalue weighted by atomic mass is 16.3. The minimum Gasteiger partial charge on any atom is -0.469 e. The lowest BCUT2D eigenvalue weighted by Gasteiger charge is -2.13. The maximum absolute atomic E-state index is 10.7. The van der Waals surface area contributed by atoms with Crippen LogP contribution in [0.2, 0.25) is 0 Å². The van der Waals surface area contributed by atoms with Crippen molar-refractivity contribution in [2.45, 2.75) is 40.0 Å². The van der Waals surface area contributed by atoms with Crippen LogP contribution in [-0.4, -0.2) is 6.29 Å². The van der Waals surface area contributed by atoms with E-state index in [4.69, 9.17) is 4.42 Å². The first kappa shape index (κ1) is 12.8. The molecule has 16 heavy (non-hydrogen) atoms. The number of allylic oxidation sites excluding steroid dienone is 2. The van der Waals surface area contributed by atoms with Gasteiger partial charge in [-0.25, -0.2) is 0 Å². The summed E-state index contributed by atoms with van der Waals surface area (Å²) in [5.74, 6) is 1.02. The lowest BCUT2D eigenvalue weighted by molar-refractivity contribution is -0.114. The van der Waals surface area contributed by atoms with Crippen molar-refractivity contribution >= 4 is 6.29 Å². The van der Waals surface area contributed by atoms with Crippen LogP contribution in [0.4, 0.5) is 0 Å². The Balaban J connectivity index is 2.37. The van der Waals surface area contributed by atoms with E-state index in [0.29, 0.717) is 0 Å². The predicted molar refractivity (Wildman–Crippen MR) is 65.2 cm³/mol. The Morgan fingerprint density at radius 3 is 2.81 bits per heavy atom. The molecule has 0 atom stereocenters.